The molecule has 1 N–H and O–H groups in total. The highest BCUT2D eigenvalue weighted by Crippen LogP contribution is 2.50. The van der Waals surface area contributed by atoms with Crippen LogP contribution in [0.1, 0.15) is 75.1 Å². The fourth-order valence-electron chi connectivity index (χ4n) is 6.32. The van der Waals surface area contributed by atoms with Gasteiger partial charge in [-0.1, -0.05) is 49.9 Å². The van der Waals surface area contributed by atoms with Crippen LogP contribution < -0.4 is 10.2 Å². The molecule has 4 atom stereocenters. The highest BCUT2D eigenvalue weighted by molar-refractivity contribution is 7.10. The van der Waals surface area contributed by atoms with Crippen LogP contribution in [0, 0.1) is 17.8 Å². The molecule has 0 unspecified atom stereocenters. The predicted molar refractivity (Wildman–Crippen MR) is 130 cm³/mol. The summed E-state index contributed by atoms with van der Waals surface area (Å²) in [4.78, 5) is 30.3. The minimum absolute atomic E-state index is 0.0375. The number of hydrogen-bond donors (Lipinski definition) is 1. The number of para-hydroxylation sites is 1. The van der Waals surface area contributed by atoms with Crippen molar-refractivity contribution in [1.29, 1.82) is 0 Å². The summed E-state index contributed by atoms with van der Waals surface area (Å²) in [7, 11) is 0. The van der Waals surface area contributed by atoms with Gasteiger partial charge in [0.15, 0.2) is 0 Å². The van der Waals surface area contributed by atoms with Crippen molar-refractivity contribution in [2.45, 2.75) is 76.3 Å². The number of amides is 2. The fraction of sp³-hybridized carbons (Fsp3) is 0.556. The molecule has 3 fully saturated rings. The molecule has 1 heterocycles. The topological polar surface area (TPSA) is 49.4 Å². The van der Waals surface area contributed by atoms with Crippen LogP contribution >= 0.6 is 11.3 Å². The molecular weight excluding hydrogens is 416 g/mol. The Morgan fingerprint density at radius 1 is 0.969 bits per heavy atom. The van der Waals surface area contributed by atoms with Gasteiger partial charge in [0, 0.05) is 23.0 Å². The van der Waals surface area contributed by atoms with Crippen LogP contribution in [0.4, 0.5) is 5.69 Å². The number of fused-ring (bicyclic) bond motifs is 2. The van der Waals surface area contributed by atoms with Crippen LogP contribution in [0.25, 0.3) is 0 Å². The van der Waals surface area contributed by atoms with Gasteiger partial charge in [-0.15, -0.1) is 11.3 Å². The molecule has 0 aliphatic heterocycles. The van der Waals surface area contributed by atoms with Gasteiger partial charge in [0.1, 0.15) is 6.04 Å². The zero-order valence-corrected chi connectivity index (χ0v) is 19.6. The summed E-state index contributed by atoms with van der Waals surface area (Å²) in [6, 6.07) is 13.4. The molecule has 3 saturated carbocycles. The van der Waals surface area contributed by atoms with Gasteiger partial charge >= 0.3 is 0 Å². The molecule has 5 heteroatoms. The minimum atomic E-state index is -0.606. The number of rotatable bonds is 7. The second-order valence-corrected chi connectivity index (χ2v) is 11.0. The Kier molecular flexibility index (Phi) is 6.63. The third-order valence-electron chi connectivity index (χ3n) is 7.90. The monoisotopic (exact) mass is 450 g/mol. The Morgan fingerprint density at radius 3 is 2.44 bits per heavy atom. The Morgan fingerprint density at radius 2 is 1.78 bits per heavy atom. The molecule has 4 nitrogen and oxygen atoms in total. The molecule has 5 rings (SSSR count). The normalized spacial score (nSPS) is 26.1. The van der Waals surface area contributed by atoms with Gasteiger partial charge in [-0.25, -0.2) is 0 Å². The average molecular weight is 451 g/mol. The van der Waals surface area contributed by atoms with Gasteiger partial charge < -0.3 is 5.32 Å². The molecule has 3 aliphatic rings. The summed E-state index contributed by atoms with van der Waals surface area (Å²) in [6.45, 7) is 0. The smallest absolute Gasteiger partial charge is 0.248 e. The van der Waals surface area contributed by atoms with Gasteiger partial charge in [0.2, 0.25) is 11.8 Å². The summed E-state index contributed by atoms with van der Waals surface area (Å²) in [5.41, 5.74) is 0.817. The van der Waals surface area contributed by atoms with E-state index >= 15 is 0 Å². The number of nitrogens with one attached hydrogen (secondary N) is 1. The third kappa shape index (κ3) is 4.63. The highest BCUT2D eigenvalue weighted by atomic mass is 32.1. The van der Waals surface area contributed by atoms with E-state index < -0.39 is 6.04 Å². The van der Waals surface area contributed by atoms with Crippen molar-refractivity contribution in [3.05, 3.63) is 52.7 Å². The number of hydrogen-bond acceptors (Lipinski definition) is 3. The molecule has 0 radical (unpaired) electrons. The fourth-order valence-corrected chi connectivity index (χ4v) is 7.14. The van der Waals surface area contributed by atoms with Gasteiger partial charge in [0.05, 0.1) is 0 Å². The SMILES string of the molecule is O=C(NC1CCCCC1)[C@@H](c1cccs1)N(C(=O)C[C@@H]1C[C@H]2CC[C@H]1C2)c1ccccc1. The van der Waals surface area contributed by atoms with Crippen LogP contribution in [-0.2, 0) is 9.59 Å². The predicted octanol–water partition coefficient (Wildman–Crippen LogP) is 6.10. The Bertz CT molecular complexity index is 907. The summed E-state index contributed by atoms with van der Waals surface area (Å²) in [5, 5.41) is 5.31. The van der Waals surface area contributed by atoms with Crippen molar-refractivity contribution in [1.82, 2.24) is 5.32 Å². The molecule has 2 aromatic rings. The van der Waals surface area contributed by atoms with E-state index in [2.05, 4.69) is 5.32 Å². The van der Waals surface area contributed by atoms with Crippen molar-refractivity contribution in [2.75, 3.05) is 4.90 Å². The van der Waals surface area contributed by atoms with E-state index in [9.17, 15) is 9.59 Å². The molecule has 2 amide bonds. The van der Waals surface area contributed by atoms with Crippen molar-refractivity contribution in [2.24, 2.45) is 17.8 Å². The van der Waals surface area contributed by atoms with Gasteiger partial charge in [-0.05, 0) is 73.4 Å². The molecule has 1 aromatic heterocycles. The Labute approximate surface area is 195 Å². The molecule has 0 spiro atoms. The Hall–Kier alpha value is -2.14. The first kappa shape index (κ1) is 21.7. The zero-order valence-electron chi connectivity index (χ0n) is 18.7. The quantitative estimate of drug-likeness (QED) is 0.554. The molecule has 170 valence electrons. The lowest BCUT2D eigenvalue weighted by atomic mass is 9.86. The van der Waals surface area contributed by atoms with E-state index in [0.717, 1.165) is 29.3 Å². The summed E-state index contributed by atoms with van der Waals surface area (Å²) < 4.78 is 0. The second kappa shape index (κ2) is 9.78. The third-order valence-corrected chi connectivity index (χ3v) is 8.82. The van der Waals surface area contributed by atoms with Crippen molar-refractivity contribution in [3.8, 4) is 0 Å². The van der Waals surface area contributed by atoms with E-state index in [-0.39, 0.29) is 17.9 Å². The number of carbonyl (C=O) groups is 2. The number of nitrogens with zero attached hydrogens (tertiary/aromatic N) is 1. The zero-order chi connectivity index (χ0) is 21.9. The number of benzene rings is 1. The summed E-state index contributed by atoms with van der Waals surface area (Å²) >= 11 is 1.56. The lowest BCUT2D eigenvalue weighted by molar-refractivity contribution is -0.127. The van der Waals surface area contributed by atoms with E-state index in [1.165, 1.54) is 44.9 Å². The second-order valence-electron chi connectivity index (χ2n) is 10.00. The summed E-state index contributed by atoms with van der Waals surface area (Å²) in [6.07, 6.45) is 11.3. The van der Waals surface area contributed by atoms with E-state index in [1.54, 1.807) is 16.2 Å². The van der Waals surface area contributed by atoms with E-state index in [0.29, 0.717) is 18.3 Å². The maximum absolute atomic E-state index is 13.9. The van der Waals surface area contributed by atoms with Crippen LogP contribution in [0.5, 0.6) is 0 Å². The highest BCUT2D eigenvalue weighted by Gasteiger charge is 2.42. The molecule has 32 heavy (non-hydrogen) atoms. The van der Waals surface area contributed by atoms with E-state index in [4.69, 9.17) is 0 Å². The molecule has 3 aliphatic carbocycles. The van der Waals surface area contributed by atoms with Crippen LogP contribution in [0.15, 0.2) is 47.8 Å². The first-order valence-corrected chi connectivity index (χ1v) is 13.3. The molecular formula is C27H34N2O2S. The maximum Gasteiger partial charge on any atom is 0.248 e. The van der Waals surface area contributed by atoms with Gasteiger partial charge in [0.25, 0.3) is 0 Å². The standard InChI is InChI=1S/C27H34N2O2S/c30-25(18-21-17-19-13-14-20(21)16-19)29(23-10-5-2-6-11-23)26(24-12-7-15-32-24)27(31)28-22-8-3-1-4-9-22/h2,5-7,10-12,15,19-22,26H,1,3-4,8-9,13-14,16-18H2,(H,28,31)/t19-,20-,21-,26+/m0/s1. The molecule has 2 bridgehead atoms. The lowest BCUT2D eigenvalue weighted by Gasteiger charge is -2.34. The van der Waals surface area contributed by atoms with Crippen LogP contribution in [0.3, 0.4) is 0 Å². The van der Waals surface area contributed by atoms with Crippen LogP contribution in [0.2, 0.25) is 0 Å². The molecule has 0 saturated heterocycles. The first-order valence-electron chi connectivity index (χ1n) is 12.4. The van der Waals surface area contributed by atoms with E-state index in [1.807, 2.05) is 47.8 Å². The lowest BCUT2D eigenvalue weighted by Crippen LogP contribution is -2.47. The minimum Gasteiger partial charge on any atom is -0.351 e. The number of carbonyl (C=O) groups excluding carboxylic acids is 2. The van der Waals surface area contributed by atoms with Crippen molar-refractivity contribution in [3.63, 3.8) is 0 Å². The maximum atomic E-state index is 13.9. The van der Waals surface area contributed by atoms with Gasteiger partial charge in [-0.3, -0.25) is 14.5 Å². The largest absolute Gasteiger partial charge is 0.351 e. The summed E-state index contributed by atoms with van der Waals surface area (Å²) in [5.74, 6) is 2.02. The van der Waals surface area contributed by atoms with Gasteiger partial charge in [-0.2, -0.15) is 0 Å². The number of thiophene rings is 1. The number of anilines is 1. The van der Waals surface area contributed by atoms with Crippen molar-refractivity contribution < 1.29 is 9.59 Å². The van der Waals surface area contributed by atoms with Crippen molar-refractivity contribution >= 4 is 28.8 Å². The Balaban J connectivity index is 1.43. The molecule has 1 aromatic carbocycles. The first-order chi connectivity index (χ1) is 15.7. The van der Waals surface area contributed by atoms with Crippen LogP contribution in [-0.4, -0.2) is 17.9 Å². The average Bonchev–Trinajstić information content (AvgIpc) is 3.57.